The van der Waals surface area contributed by atoms with Crippen molar-refractivity contribution in [3.63, 3.8) is 0 Å². The first-order valence-corrected chi connectivity index (χ1v) is 5.08. The van der Waals surface area contributed by atoms with Gasteiger partial charge >= 0.3 is 12.0 Å². The zero-order chi connectivity index (χ0) is 13.7. The molecular weight excluding hydrogens is 243 g/mol. The molecule has 0 saturated carbocycles. The van der Waals surface area contributed by atoms with Crippen molar-refractivity contribution in [2.24, 2.45) is 0 Å². The fourth-order valence-electron chi connectivity index (χ4n) is 1.17. The van der Waals surface area contributed by atoms with Crippen LogP contribution in [0.3, 0.4) is 0 Å². The van der Waals surface area contributed by atoms with E-state index in [-0.39, 0.29) is 11.4 Å². The Morgan fingerprint density at radius 2 is 2.11 bits per heavy atom. The van der Waals surface area contributed by atoms with Gasteiger partial charge in [0.1, 0.15) is 6.04 Å². The molecule has 0 radical (unpaired) electrons. The Balaban J connectivity index is 2.65. The van der Waals surface area contributed by atoms with E-state index in [0.29, 0.717) is 0 Å². The number of anilines is 1. The zero-order valence-electron chi connectivity index (χ0n) is 9.86. The minimum absolute atomic E-state index is 0.0554. The van der Waals surface area contributed by atoms with Gasteiger partial charge in [0.25, 0.3) is 0 Å². The van der Waals surface area contributed by atoms with Crippen molar-refractivity contribution in [2.75, 3.05) is 12.4 Å². The first-order valence-electron chi connectivity index (χ1n) is 5.08. The second-order valence-corrected chi connectivity index (χ2v) is 3.51. The van der Waals surface area contributed by atoms with Crippen LogP contribution < -0.4 is 15.4 Å². The van der Waals surface area contributed by atoms with E-state index in [1.54, 1.807) is 0 Å². The Hall–Kier alpha value is -2.31. The number of benzene rings is 1. The fraction of sp³-hybridized carbons (Fsp3) is 0.273. The van der Waals surface area contributed by atoms with Gasteiger partial charge in [-0.2, -0.15) is 0 Å². The van der Waals surface area contributed by atoms with Crippen LogP contribution in [0.15, 0.2) is 18.2 Å². The van der Waals surface area contributed by atoms with Crippen LogP contribution in [0.25, 0.3) is 0 Å². The van der Waals surface area contributed by atoms with Crippen LogP contribution in [-0.4, -0.2) is 30.3 Å². The van der Waals surface area contributed by atoms with Gasteiger partial charge in [-0.05, 0) is 19.1 Å². The van der Waals surface area contributed by atoms with Crippen molar-refractivity contribution in [3.05, 3.63) is 24.0 Å². The highest BCUT2D eigenvalue weighted by atomic mass is 19.1. The molecule has 0 spiro atoms. The minimum Gasteiger partial charge on any atom is -0.494 e. The molecule has 0 aliphatic carbocycles. The van der Waals surface area contributed by atoms with E-state index in [1.165, 1.54) is 26.2 Å². The topological polar surface area (TPSA) is 87.7 Å². The molecule has 0 saturated heterocycles. The molecule has 1 atom stereocenters. The molecule has 0 bridgehead atoms. The van der Waals surface area contributed by atoms with Gasteiger partial charge in [0, 0.05) is 11.8 Å². The van der Waals surface area contributed by atoms with Crippen molar-refractivity contribution < 1.29 is 23.8 Å². The van der Waals surface area contributed by atoms with Gasteiger partial charge in [-0.15, -0.1) is 0 Å². The van der Waals surface area contributed by atoms with Gasteiger partial charge in [-0.1, -0.05) is 0 Å². The SMILES string of the molecule is COc1ccc(NC(=O)N[C@@H](C)C(=O)O)cc1F. The van der Waals surface area contributed by atoms with Crippen molar-refractivity contribution in [3.8, 4) is 5.75 Å². The number of carboxylic acid groups (broad SMARTS) is 1. The van der Waals surface area contributed by atoms with E-state index in [4.69, 9.17) is 9.84 Å². The quantitative estimate of drug-likeness (QED) is 0.760. The summed E-state index contributed by atoms with van der Waals surface area (Å²) in [6.07, 6.45) is 0. The van der Waals surface area contributed by atoms with Crippen LogP contribution in [-0.2, 0) is 4.79 Å². The molecule has 1 aromatic carbocycles. The Kier molecular flexibility index (Phi) is 4.47. The number of halogens is 1. The highest BCUT2D eigenvalue weighted by Crippen LogP contribution is 2.20. The molecular formula is C11H13FN2O4. The summed E-state index contributed by atoms with van der Waals surface area (Å²) in [7, 11) is 1.33. The second-order valence-electron chi connectivity index (χ2n) is 3.51. The number of rotatable bonds is 4. The van der Waals surface area contributed by atoms with E-state index >= 15 is 0 Å². The molecule has 1 rings (SSSR count). The van der Waals surface area contributed by atoms with Crippen LogP contribution in [0.1, 0.15) is 6.92 Å². The lowest BCUT2D eigenvalue weighted by Gasteiger charge is -2.11. The molecule has 0 aliphatic rings. The number of carbonyl (C=O) groups is 2. The molecule has 2 amide bonds. The van der Waals surface area contributed by atoms with Gasteiger partial charge in [0.15, 0.2) is 11.6 Å². The number of amides is 2. The Labute approximate surface area is 103 Å². The van der Waals surface area contributed by atoms with Crippen molar-refractivity contribution in [1.82, 2.24) is 5.32 Å². The second kappa shape index (κ2) is 5.85. The molecule has 1 aromatic rings. The lowest BCUT2D eigenvalue weighted by Crippen LogP contribution is -2.40. The maximum atomic E-state index is 13.3. The third-order valence-electron chi connectivity index (χ3n) is 2.13. The van der Waals surface area contributed by atoms with Crippen molar-refractivity contribution in [1.29, 1.82) is 0 Å². The molecule has 0 aliphatic heterocycles. The number of nitrogens with one attached hydrogen (secondary N) is 2. The van der Waals surface area contributed by atoms with E-state index in [9.17, 15) is 14.0 Å². The molecule has 0 aromatic heterocycles. The van der Waals surface area contributed by atoms with Gasteiger partial charge in [-0.25, -0.2) is 9.18 Å². The summed E-state index contributed by atoms with van der Waals surface area (Å²) >= 11 is 0. The van der Waals surface area contributed by atoms with Crippen LogP contribution >= 0.6 is 0 Å². The van der Waals surface area contributed by atoms with E-state index in [0.717, 1.165) is 6.07 Å². The molecule has 98 valence electrons. The lowest BCUT2D eigenvalue weighted by atomic mass is 10.3. The average Bonchev–Trinajstić information content (AvgIpc) is 2.28. The summed E-state index contributed by atoms with van der Waals surface area (Å²) in [4.78, 5) is 21.9. The third kappa shape index (κ3) is 3.62. The highest BCUT2D eigenvalue weighted by molar-refractivity contribution is 5.92. The van der Waals surface area contributed by atoms with Gasteiger partial charge < -0.3 is 20.5 Å². The molecule has 0 fully saturated rings. The number of ether oxygens (including phenoxy) is 1. The Bertz CT molecular complexity index is 464. The summed E-state index contributed by atoms with van der Waals surface area (Å²) in [6.45, 7) is 1.32. The zero-order valence-corrected chi connectivity index (χ0v) is 9.86. The number of urea groups is 1. The smallest absolute Gasteiger partial charge is 0.325 e. The maximum Gasteiger partial charge on any atom is 0.325 e. The van der Waals surface area contributed by atoms with E-state index in [1.807, 2.05) is 0 Å². The van der Waals surface area contributed by atoms with Gasteiger partial charge in [-0.3, -0.25) is 4.79 Å². The van der Waals surface area contributed by atoms with Crippen LogP contribution in [0.5, 0.6) is 5.75 Å². The normalized spacial score (nSPS) is 11.5. The minimum atomic E-state index is -1.16. The number of carboxylic acids is 1. The molecule has 0 unspecified atom stereocenters. The maximum absolute atomic E-state index is 13.3. The van der Waals surface area contributed by atoms with Crippen LogP contribution in [0, 0.1) is 5.82 Å². The van der Waals surface area contributed by atoms with E-state index < -0.39 is 23.9 Å². The summed E-state index contributed by atoms with van der Waals surface area (Å²) in [5, 5.41) is 13.1. The first kappa shape index (κ1) is 13.8. The molecule has 3 N–H and O–H groups in total. The Morgan fingerprint density at radius 1 is 1.44 bits per heavy atom. The monoisotopic (exact) mass is 256 g/mol. The molecule has 6 nitrogen and oxygen atoms in total. The van der Waals surface area contributed by atoms with Crippen molar-refractivity contribution in [2.45, 2.75) is 13.0 Å². The average molecular weight is 256 g/mol. The molecule has 7 heteroatoms. The fourth-order valence-corrected chi connectivity index (χ4v) is 1.17. The van der Waals surface area contributed by atoms with E-state index in [2.05, 4.69) is 10.6 Å². The predicted molar refractivity (Wildman–Crippen MR) is 62.2 cm³/mol. The summed E-state index contributed by atoms with van der Waals surface area (Å²) in [5.74, 6) is -1.73. The summed E-state index contributed by atoms with van der Waals surface area (Å²) < 4.78 is 18.0. The van der Waals surface area contributed by atoms with Crippen LogP contribution in [0.4, 0.5) is 14.9 Å². The third-order valence-corrected chi connectivity index (χ3v) is 2.13. The van der Waals surface area contributed by atoms with Crippen molar-refractivity contribution >= 4 is 17.7 Å². The number of carbonyl (C=O) groups excluding carboxylic acids is 1. The first-order chi connectivity index (χ1) is 8.43. The number of aliphatic carboxylic acids is 1. The summed E-state index contributed by atoms with van der Waals surface area (Å²) in [5.41, 5.74) is 0.198. The molecule has 0 heterocycles. The summed E-state index contributed by atoms with van der Waals surface area (Å²) in [6, 6.07) is 2.10. The lowest BCUT2D eigenvalue weighted by molar-refractivity contribution is -0.138. The largest absolute Gasteiger partial charge is 0.494 e. The van der Waals surface area contributed by atoms with Gasteiger partial charge in [0.2, 0.25) is 0 Å². The van der Waals surface area contributed by atoms with Crippen LogP contribution in [0.2, 0.25) is 0 Å². The van der Waals surface area contributed by atoms with Gasteiger partial charge in [0.05, 0.1) is 7.11 Å². The predicted octanol–water partition coefficient (Wildman–Crippen LogP) is 1.43. The number of hydrogen-bond donors (Lipinski definition) is 3. The Morgan fingerprint density at radius 3 is 2.61 bits per heavy atom. The number of methoxy groups -OCH3 is 1. The number of hydrogen-bond acceptors (Lipinski definition) is 3. The highest BCUT2D eigenvalue weighted by Gasteiger charge is 2.14. The molecule has 18 heavy (non-hydrogen) atoms. The standard InChI is InChI=1S/C11H13FN2O4/c1-6(10(15)16)13-11(17)14-7-3-4-9(18-2)8(12)5-7/h3-6H,1-2H3,(H,15,16)(H2,13,14,17)/t6-/m0/s1.